The minimum atomic E-state index is -3.14. The Bertz CT molecular complexity index is 1030. The molecule has 2 aliphatic heterocycles. The smallest absolute Gasteiger partial charge is 0.208 e. The van der Waals surface area contributed by atoms with Crippen molar-refractivity contribution in [3.8, 4) is 0 Å². The fourth-order valence-electron chi connectivity index (χ4n) is 9.74. The molecule has 1 saturated heterocycles. The number of aliphatic imine (C=N–C) groups is 1. The quantitative estimate of drug-likeness (QED) is 0.549. The van der Waals surface area contributed by atoms with Gasteiger partial charge in [0.05, 0.1) is 18.0 Å². The molecule has 6 heteroatoms. The number of nitrogens with zero attached hydrogens (tertiary/aromatic N) is 1. The first-order valence-corrected chi connectivity index (χ1v) is 15.8. The van der Waals surface area contributed by atoms with Crippen LogP contribution in [-0.4, -0.2) is 44.7 Å². The molecule has 5 nitrogen and oxygen atoms in total. The maximum atomic E-state index is 11.9. The van der Waals surface area contributed by atoms with Crippen molar-refractivity contribution < 1.29 is 13.2 Å². The zero-order chi connectivity index (χ0) is 24.0. The topological polar surface area (TPSA) is 67.8 Å². The van der Waals surface area contributed by atoms with Crippen LogP contribution in [0, 0.1) is 40.9 Å². The Labute approximate surface area is 206 Å². The molecule has 0 radical (unpaired) electrons. The molecule has 190 valence electrons. The van der Waals surface area contributed by atoms with Gasteiger partial charge in [0.15, 0.2) is 0 Å². The second kappa shape index (κ2) is 7.89. The molecule has 0 amide bonds. The minimum Gasteiger partial charge on any atom is -0.361 e. The second-order valence-electron chi connectivity index (χ2n) is 13.2. The van der Waals surface area contributed by atoms with E-state index in [9.17, 15) is 8.42 Å². The largest absolute Gasteiger partial charge is 0.361 e. The van der Waals surface area contributed by atoms with E-state index in [1.54, 1.807) is 11.1 Å². The van der Waals surface area contributed by atoms with E-state index in [0.29, 0.717) is 23.2 Å². The predicted octanol–water partition coefficient (Wildman–Crippen LogP) is 5.12. The van der Waals surface area contributed by atoms with Gasteiger partial charge in [0.2, 0.25) is 10.0 Å². The number of sulfonamides is 1. The fourth-order valence-corrected chi connectivity index (χ4v) is 10.6. The predicted molar refractivity (Wildman–Crippen MR) is 136 cm³/mol. The number of hydrogen-bond donors (Lipinski definition) is 1. The van der Waals surface area contributed by atoms with Crippen LogP contribution in [0.3, 0.4) is 0 Å². The molecule has 34 heavy (non-hydrogen) atoms. The standard InChI is InChI=1S/C28H44N2O3S/c1-16-12-25-26(29-15-16)18(3)28(33-25)11-9-21-22-7-6-19-13-20(30-34(5,31)32)8-10-27(19,4)24(22)14-23(21)17(28)2/h16,18-22,24-25,30H,6-15H2,1-5H3/t16-,18+,19+,20+,21-,22-,24-,25+,27-,28-/m0/s1. The molecule has 0 aromatic heterocycles. The molecular formula is C28H44N2O3S. The van der Waals surface area contributed by atoms with Crippen molar-refractivity contribution in [2.24, 2.45) is 45.9 Å². The summed E-state index contributed by atoms with van der Waals surface area (Å²) in [5.74, 6) is 3.95. The first-order chi connectivity index (χ1) is 16.0. The van der Waals surface area contributed by atoms with Crippen molar-refractivity contribution in [1.29, 1.82) is 0 Å². The van der Waals surface area contributed by atoms with Crippen LogP contribution in [0.1, 0.15) is 85.5 Å². The molecule has 6 rings (SSSR count). The summed E-state index contributed by atoms with van der Waals surface area (Å²) in [6.07, 6.45) is 12.1. The van der Waals surface area contributed by atoms with Gasteiger partial charge in [0, 0.05) is 24.2 Å². The number of rotatable bonds is 2. The molecule has 0 aromatic carbocycles. The Morgan fingerprint density at radius 2 is 1.88 bits per heavy atom. The molecular weight excluding hydrogens is 444 g/mol. The van der Waals surface area contributed by atoms with E-state index >= 15 is 0 Å². The summed E-state index contributed by atoms with van der Waals surface area (Å²) in [7, 11) is -3.14. The highest BCUT2D eigenvalue weighted by molar-refractivity contribution is 7.88. The lowest BCUT2D eigenvalue weighted by Crippen LogP contribution is -2.50. The van der Waals surface area contributed by atoms with E-state index in [-0.39, 0.29) is 17.7 Å². The SMILES string of the molecule is CC1=C2C[C@H]3[C@@H](CC[C@@H]4C[C@H](NS(C)(=O)=O)CC[C@@]43C)[C@@H]2CC[C@]12O[C@@H]1C[C@H](C)CN=C1[C@H]2C. The Kier molecular flexibility index (Phi) is 5.49. The minimum absolute atomic E-state index is 0.121. The summed E-state index contributed by atoms with van der Waals surface area (Å²) in [5, 5.41) is 0. The molecule has 2 heterocycles. The number of ether oxygens (including phenoxy) is 1. The van der Waals surface area contributed by atoms with E-state index in [1.807, 2.05) is 0 Å². The number of hydrogen-bond acceptors (Lipinski definition) is 4. The summed E-state index contributed by atoms with van der Waals surface area (Å²) < 4.78 is 33.6. The Morgan fingerprint density at radius 3 is 2.65 bits per heavy atom. The molecule has 0 unspecified atom stereocenters. The summed E-state index contributed by atoms with van der Waals surface area (Å²) in [4.78, 5) is 5.01. The van der Waals surface area contributed by atoms with Gasteiger partial charge in [-0.25, -0.2) is 13.1 Å². The third kappa shape index (κ3) is 3.44. The van der Waals surface area contributed by atoms with Crippen LogP contribution in [0.5, 0.6) is 0 Å². The fraction of sp³-hybridized carbons (Fsp3) is 0.893. The first-order valence-electron chi connectivity index (χ1n) is 13.9. The molecule has 4 aliphatic carbocycles. The molecule has 4 fully saturated rings. The summed E-state index contributed by atoms with van der Waals surface area (Å²) in [5.41, 5.74) is 4.85. The van der Waals surface area contributed by atoms with Gasteiger partial charge in [0.25, 0.3) is 0 Å². The second-order valence-corrected chi connectivity index (χ2v) is 15.0. The molecule has 10 atom stereocenters. The normalized spacial score (nSPS) is 50.4. The van der Waals surface area contributed by atoms with Crippen LogP contribution in [0.15, 0.2) is 16.1 Å². The molecule has 3 saturated carbocycles. The van der Waals surface area contributed by atoms with Gasteiger partial charge in [-0.3, -0.25) is 4.99 Å². The summed E-state index contributed by atoms with van der Waals surface area (Å²) >= 11 is 0. The number of nitrogens with one attached hydrogen (secondary N) is 1. The van der Waals surface area contributed by atoms with Gasteiger partial charge in [-0.05, 0) is 105 Å². The third-order valence-corrected chi connectivity index (χ3v) is 12.3. The highest BCUT2D eigenvalue weighted by Gasteiger charge is 2.60. The van der Waals surface area contributed by atoms with Crippen molar-refractivity contribution >= 4 is 15.7 Å². The average Bonchev–Trinajstić information content (AvgIpc) is 3.27. The van der Waals surface area contributed by atoms with E-state index < -0.39 is 10.0 Å². The van der Waals surface area contributed by atoms with Crippen molar-refractivity contribution in [3.05, 3.63) is 11.1 Å². The maximum absolute atomic E-state index is 11.9. The zero-order valence-electron chi connectivity index (χ0n) is 21.8. The van der Waals surface area contributed by atoms with Crippen LogP contribution in [0.25, 0.3) is 0 Å². The lowest BCUT2D eigenvalue weighted by molar-refractivity contribution is -0.0554. The lowest BCUT2D eigenvalue weighted by atomic mass is 9.52. The summed E-state index contributed by atoms with van der Waals surface area (Å²) in [6, 6.07) is 0.122. The van der Waals surface area contributed by atoms with Crippen molar-refractivity contribution in [3.63, 3.8) is 0 Å². The Morgan fingerprint density at radius 1 is 1.09 bits per heavy atom. The van der Waals surface area contributed by atoms with Crippen LogP contribution in [-0.2, 0) is 14.8 Å². The van der Waals surface area contributed by atoms with E-state index in [1.165, 1.54) is 37.7 Å². The van der Waals surface area contributed by atoms with E-state index in [0.717, 1.165) is 56.4 Å². The van der Waals surface area contributed by atoms with E-state index in [4.69, 9.17) is 9.73 Å². The highest BCUT2D eigenvalue weighted by Crippen LogP contribution is 2.66. The van der Waals surface area contributed by atoms with Crippen LogP contribution >= 0.6 is 0 Å². The molecule has 0 aromatic rings. The molecule has 0 bridgehead atoms. The first kappa shape index (κ1) is 23.7. The molecule has 6 aliphatic rings. The maximum Gasteiger partial charge on any atom is 0.208 e. The number of fused-ring (bicyclic) bond motifs is 6. The third-order valence-electron chi connectivity index (χ3n) is 11.5. The Hall–Kier alpha value is -0.720. The van der Waals surface area contributed by atoms with Gasteiger partial charge >= 0.3 is 0 Å². The van der Waals surface area contributed by atoms with Crippen LogP contribution in [0.2, 0.25) is 0 Å². The number of allylic oxidation sites excluding steroid dienone is 1. The van der Waals surface area contributed by atoms with Crippen LogP contribution in [0.4, 0.5) is 0 Å². The molecule has 1 N–H and O–H groups in total. The summed E-state index contributed by atoms with van der Waals surface area (Å²) in [6.45, 7) is 10.6. The van der Waals surface area contributed by atoms with Crippen molar-refractivity contribution in [2.45, 2.75) is 103 Å². The van der Waals surface area contributed by atoms with E-state index in [2.05, 4.69) is 32.4 Å². The van der Waals surface area contributed by atoms with Crippen LogP contribution < -0.4 is 4.72 Å². The van der Waals surface area contributed by atoms with Gasteiger partial charge in [-0.1, -0.05) is 26.3 Å². The Balaban J connectivity index is 1.27. The lowest BCUT2D eigenvalue weighted by Gasteiger charge is -2.54. The van der Waals surface area contributed by atoms with Crippen molar-refractivity contribution in [1.82, 2.24) is 4.72 Å². The van der Waals surface area contributed by atoms with Gasteiger partial charge in [0.1, 0.15) is 0 Å². The average molecular weight is 489 g/mol. The van der Waals surface area contributed by atoms with Crippen molar-refractivity contribution in [2.75, 3.05) is 12.8 Å². The monoisotopic (exact) mass is 488 g/mol. The van der Waals surface area contributed by atoms with Gasteiger partial charge in [-0.15, -0.1) is 0 Å². The van der Waals surface area contributed by atoms with Gasteiger partial charge in [-0.2, -0.15) is 0 Å². The zero-order valence-corrected chi connectivity index (χ0v) is 22.6. The van der Waals surface area contributed by atoms with Gasteiger partial charge < -0.3 is 4.74 Å². The highest BCUT2D eigenvalue weighted by atomic mass is 32.2. The molecule has 1 spiro atoms.